The maximum absolute atomic E-state index is 13.4. The van der Waals surface area contributed by atoms with Crippen LogP contribution in [0.15, 0.2) is 42.5 Å². The zero-order chi connectivity index (χ0) is 13.7. The molecular weight excluding hydrogens is 239 g/mol. The third kappa shape index (κ3) is 3.32. The van der Waals surface area contributed by atoms with Crippen LogP contribution in [0.1, 0.15) is 16.7 Å². The zero-order valence-electron chi connectivity index (χ0n) is 10.8. The second-order valence-electron chi connectivity index (χ2n) is 4.43. The van der Waals surface area contributed by atoms with Gasteiger partial charge in [-0.2, -0.15) is 5.26 Å². The number of nitrogens with one attached hydrogen (secondary N) is 1. The Morgan fingerprint density at radius 3 is 2.74 bits per heavy atom. The standard InChI is InChI=1S/C16H15FN2/c1-12-6-7-14(11-18)16(10-12)19-9-8-13-4-2-3-5-15(13)17/h2-7,10,19H,8-9H2,1H3. The van der Waals surface area contributed by atoms with Crippen LogP contribution in [0.5, 0.6) is 0 Å². The molecule has 0 fully saturated rings. The van der Waals surface area contributed by atoms with E-state index in [0.717, 1.165) is 11.3 Å². The molecule has 0 bridgehead atoms. The molecule has 2 aromatic carbocycles. The van der Waals surface area contributed by atoms with Gasteiger partial charge < -0.3 is 5.32 Å². The molecule has 1 N–H and O–H groups in total. The van der Waals surface area contributed by atoms with Crippen LogP contribution in [0, 0.1) is 24.1 Å². The molecule has 0 amide bonds. The molecule has 0 aliphatic carbocycles. The molecule has 2 aromatic rings. The number of benzene rings is 2. The summed E-state index contributed by atoms with van der Waals surface area (Å²) in [4.78, 5) is 0. The molecule has 0 aliphatic heterocycles. The smallest absolute Gasteiger partial charge is 0.126 e. The van der Waals surface area contributed by atoms with Gasteiger partial charge in [0.15, 0.2) is 0 Å². The molecule has 0 heterocycles. The summed E-state index contributed by atoms with van der Waals surface area (Å²) < 4.78 is 13.4. The highest BCUT2D eigenvalue weighted by molar-refractivity contribution is 5.58. The lowest BCUT2D eigenvalue weighted by molar-refractivity contribution is 0.610. The maximum Gasteiger partial charge on any atom is 0.126 e. The third-order valence-corrected chi connectivity index (χ3v) is 2.96. The molecule has 0 spiro atoms. The normalized spacial score (nSPS) is 9.95. The lowest BCUT2D eigenvalue weighted by Crippen LogP contribution is -2.07. The van der Waals surface area contributed by atoms with Gasteiger partial charge in [0.25, 0.3) is 0 Å². The van der Waals surface area contributed by atoms with Gasteiger partial charge >= 0.3 is 0 Å². The van der Waals surface area contributed by atoms with Crippen LogP contribution in [0.4, 0.5) is 10.1 Å². The molecule has 0 unspecified atom stereocenters. The molecule has 0 aromatic heterocycles. The SMILES string of the molecule is Cc1ccc(C#N)c(NCCc2ccccc2F)c1. The van der Waals surface area contributed by atoms with Crippen molar-refractivity contribution < 1.29 is 4.39 Å². The number of halogens is 1. The van der Waals surface area contributed by atoms with Gasteiger partial charge in [-0.25, -0.2) is 4.39 Å². The van der Waals surface area contributed by atoms with E-state index >= 15 is 0 Å². The number of aryl methyl sites for hydroxylation is 1. The molecule has 0 saturated heterocycles. The number of nitrogens with zero attached hydrogens (tertiary/aromatic N) is 1. The van der Waals surface area contributed by atoms with Crippen molar-refractivity contribution in [3.8, 4) is 6.07 Å². The van der Waals surface area contributed by atoms with Crippen LogP contribution in [0.25, 0.3) is 0 Å². The molecule has 0 atom stereocenters. The summed E-state index contributed by atoms with van der Waals surface area (Å²) in [5, 5.41) is 12.2. The Hall–Kier alpha value is -2.34. The second kappa shape index (κ2) is 6.01. The van der Waals surface area contributed by atoms with E-state index in [4.69, 9.17) is 5.26 Å². The highest BCUT2D eigenvalue weighted by Crippen LogP contribution is 2.17. The average Bonchev–Trinajstić information content (AvgIpc) is 2.41. The minimum absolute atomic E-state index is 0.186. The quantitative estimate of drug-likeness (QED) is 0.903. The summed E-state index contributed by atoms with van der Waals surface area (Å²) in [6, 6.07) is 14.5. The second-order valence-corrected chi connectivity index (χ2v) is 4.43. The Morgan fingerprint density at radius 1 is 1.21 bits per heavy atom. The van der Waals surface area contributed by atoms with Crippen LogP contribution in [0.2, 0.25) is 0 Å². The largest absolute Gasteiger partial charge is 0.384 e. The summed E-state index contributed by atoms with van der Waals surface area (Å²) >= 11 is 0. The predicted molar refractivity (Wildman–Crippen MR) is 74.5 cm³/mol. The van der Waals surface area contributed by atoms with Crippen molar-refractivity contribution in [2.24, 2.45) is 0 Å². The van der Waals surface area contributed by atoms with E-state index in [9.17, 15) is 4.39 Å². The van der Waals surface area contributed by atoms with Crippen molar-refractivity contribution >= 4 is 5.69 Å². The van der Waals surface area contributed by atoms with E-state index in [1.807, 2.05) is 25.1 Å². The molecule has 2 rings (SSSR count). The first-order valence-corrected chi connectivity index (χ1v) is 6.19. The van der Waals surface area contributed by atoms with Gasteiger partial charge in [0, 0.05) is 6.54 Å². The van der Waals surface area contributed by atoms with Gasteiger partial charge in [-0.1, -0.05) is 24.3 Å². The summed E-state index contributed by atoms with van der Waals surface area (Å²) in [7, 11) is 0. The number of rotatable bonds is 4. The van der Waals surface area contributed by atoms with Crippen LogP contribution >= 0.6 is 0 Å². The molecular formula is C16H15FN2. The number of nitriles is 1. The Labute approximate surface area is 112 Å². The van der Waals surface area contributed by atoms with E-state index in [1.165, 1.54) is 6.07 Å². The van der Waals surface area contributed by atoms with Gasteiger partial charge in [0.2, 0.25) is 0 Å². The fourth-order valence-corrected chi connectivity index (χ4v) is 1.93. The summed E-state index contributed by atoms with van der Waals surface area (Å²) in [6.45, 7) is 2.57. The number of hydrogen-bond donors (Lipinski definition) is 1. The summed E-state index contributed by atoms with van der Waals surface area (Å²) in [5.74, 6) is -0.186. The molecule has 96 valence electrons. The minimum Gasteiger partial charge on any atom is -0.384 e. The Morgan fingerprint density at radius 2 is 2.00 bits per heavy atom. The monoisotopic (exact) mass is 254 g/mol. The van der Waals surface area contributed by atoms with E-state index in [2.05, 4.69) is 11.4 Å². The van der Waals surface area contributed by atoms with Gasteiger partial charge in [-0.3, -0.25) is 0 Å². The van der Waals surface area contributed by atoms with Crippen molar-refractivity contribution in [1.29, 1.82) is 5.26 Å². The molecule has 3 heteroatoms. The molecule has 0 aliphatic rings. The van der Waals surface area contributed by atoms with Crippen molar-refractivity contribution in [2.45, 2.75) is 13.3 Å². The van der Waals surface area contributed by atoms with Crippen LogP contribution < -0.4 is 5.32 Å². The van der Waals surface area contributed by atoms with Crippen molar-refractivity contribution in [3.63, 3.8) is 0 Å². The maximum atomic E-state index is 13.4. The Kier molecular flexibility index (Phi) is 4.15. The van der Waals surface area contributed by atoms with Crippen LogP contribution in [0.3, 0.4) is 0 Å². The van der Waals surface area contributed by atoms with Crippen molar-refractivity contribution in [2.75, 3.05) is 11.9 Å². The number of anilines is 1. The Bertz CT molecular complexity index is 614. The van der Waals surface area contributed by atoms with Gasteiger partial charge in [-0.15, -0.1) is 0 Å². The third-order valence-electron chi connectivity index (χ3n) is 2.96. The molecule has 0 saturated carbocycles. The van der Waals surface area contributed by atoms with E-state index in [-0.39, 0.29) is 5.82 Å². The number of hydrogen-bond acceptors (Lipinski definition) is 2. The predicted octanol–water partition coefficient (Wildman–Crippen LogP) is 3.66. The fourth-order valence-electron chi connectivity index (χ4n) is 1.93. The average molecular weight is 254 g/mol. The first kappa shape index (κ1) is 13.1. The van der Waals surface area contributed by atoms with Crippen LogP contribution in [-0.2, 0) is 6.42 Å². The summed E-state index contributed by atoms with van der Waals surface area (Å²) in [6.07, 6.45) is 0.589. The van der Waals surface area contributed by atoms with E-state index in [1.54, 1.807) is 18.2 Å². The molecule has 19 heavy (non-hydrogen) atoms. The lowest BCUT2D eigenvalue weighted by atomic mass is 10.1. The Balaban J connectivity index is 2.02. The zero-order valence-corrected chi connectivity index (χ0v) is 10.8. The molecule has 2 nitrogen and oxygen atoms in total. The van der Waals surface area contributed by atoms with Crippen molar-refractivity contribution in [3.05, 3.63) is 65.0 Å². The highest BCUT2D eigenvalue weighted by Gasteiger charge is 2.03. The highest BCUT2D eigenvalue weighted by atomic mass is 19.1. The van der Waals surface area contributed by atoms with Crippen LogP contribution in [-0.4, -0.2) is 6.54 Å². The first-order valence-electron chi connectivity index (χ1n) is 6.19. The van der Waals surface area contributed by atoms with E-state index < -0.39 is 0 Å². The lowest BCUT2D eigenvalue weighted by Gasteiger charge is -2.09. The first-order chi connectivity index (χ1) is 9.20. The van der Waals surface area contributed by atoms with Gasteiger partial charge in [0.05, 0.1) is 11.3 Å². The van der Waals surface area contributed by atoms with Gasteiger partial charge in [-0.05, 0) is 42.7 Å². The topological polar surface area (TPSA) is 35.8 Å². The molecule has 0 radical (unpaired) electrons. The minimum atomic E-state index is -0.186. The fraction of sp³-hybridized carbons (Fsp3) is 0.188. The van der Waals surface area contributed by atoms with Gasteiger partial charge in [0.1, 0.15) is 11.9 Å². The van der Waals surface area contributed by atoms with Crippen molar-refractivity contribution in [1.82, 2.24) is 0 Å². The van der Waals surface area contributed by atoms with E-state index in [0.29, 0.717) is 24.1 Å². The summed E-state index contributed by atoms with van der Waals surface area (Å²) in [5.41, 5.74) is 3.19.